The van der Waals surface area contributed by atoms with Crippen LogP contribution in [0.25, 0.3) is 0 Å². The minimum absolute atomic E-state index is 0.942. The van der Waals surface area contributed by atoms with Crippen molar-refractivity contribution in [3.05, 3.63) is 129 Å². The largest absolute Gasteiger partial charge is 0.399 e. The van der Waals surface area contributed by atoms with Crippen LogP contribution >= 0.6 is 0 Å². The first-order valence-corrected chi connectivity index (χ1v) is 18.4. The van der Waals surface area contributed by atoms with Crippen molar-refractivity contribution < 1.29 is 0 Å². The second-order valence-electron chi connectivity index (χ2n) is 13.6. The highest BCUT2D eigenvalue weighted by Gasteiger charge is 2.05. The summed E-state index contributed by atoms with van der Waals surface area (Å²) in [6.45, 7) is 4.50. The molecule has 0 aliphatic rings. The molecule has 2 nitrogen and oxygen atoms in total. The van der Waals surface area contributed by atoms with Gasteiger partial charge in [0, 0.05) is 11.4 Å². The van der Waals surface area contributed by atoms with E-state index in [9.17, 15) is 0 Å². The van der Waals surface area contributed by atoms with Gasteiger partial charge in [0.25, 0.3) is 0 Å². The molecule has 46 heavy (non-hydrogen) atoms. The predicted octanol–water partition coefficient (Wildman–Crippen LogP) is 11.6. The molecule has 0 bridgehead atoms. The Bertz CT molecular complexity index is 1310. The van der Waals surface area contributed by atoms with Crippen LogP contribution in [0.5, 0.6) is 0 Å². The summed E-state index contributed by atoms with van der Waals surface area (Å²) in [7, 11) is 0. The molecule has 246 valence electrons. The van der Waals surface area contributed by atoms with Crippen LogP contribution in [0.3, 0.4) is 0 Å². The van der Waals surface area contributed by atoms with Crippen LogP contribution < -0.4 is 11.5 Å². The standard InChI is InChI=1S/C44H60N2/c1-3-5-11-17-41-33-39(27-29-43(41)45)31-37-23-19-35(20-24-37)15-13-9-7-8-10-14-16-36-21-25-38(26-22-36)32-40-28-30-44(46)42(34-40)18-12-6-4-2/h19-30,33-34H,3-18,31-32,45-46H2,1-2H3. The maximum atomic E-state index is 6.24. The van der Waals surface area contributed by atoms with Gasteiger partial charge in [-0.1, -0.05) is 138 Å². The zero-order valence-corrected chi connectivity index (χ0v) is 29.0. The van der Waals surface area contributed by atoms with E-state index in [4.69, 9.17) is 11.5 Å². The first-order chi connectivity index (χ1) is 22.5. The van der Waals surface area contributed by atoms with Gasteiger partial charge in [0.2, 0.25) is 0 Å². The minimum atomic E-state index is 0.942. The van der Waals surface area contributed by atoms with E-state index in [1.165, 1.54) is 134 Å². The number of rotatable bonds is 21. The van der Waals surface area contributed by atoms with Crippen molar-refractivity contribution >= 4 is 11.4 Å². The van der Waals surface area contributed by atoms with E-state index in [-0.39, 0.29) is 0 Å². The molecule has 0 aliphatic carbocycles. The zero-order chi connectivity index (χ0) is 32.4. The number of aryl methyl sites for hydroxylation is 4. The molecule has 0 spiro atoms. The summed E-state index contributed by atoms with van der Waals surface area (Å²) in [4.78, 5) is 0. The quantitative estimate of drug-likeness (QED) is 0.0723. The average Bonchev–Trinajstić information content (AvgIpc) is 3.07. The topological polar surface area (TPSA) is 52.0 Å². The molecule has 0 atom stereocenters. The highest BCUT2D eigenvalue weighted by Crippen LogP contribution is 2.22. The molecule has 0 radical (unpaired) electrons. The maximum absolute atomic E-state index is 6.24. The van der Waals surface area contributed by atoms with Crippen LogP contribution in [0.1, 0.15) is 135 Å². The van der Waals surface area contributed by atoms with Gasteiger partial charge in [-0.15, -0.1) is 0 Å². The third kappa shape index (κ3) is 12.3. The van der Waals surface area contributed by atoms with E-state index in [1.54, 1.807) is 0 Å². The molecule has 4 aromatic carbocycles. The summed E-state index contributed by atoms with van der Waals surface area (Å²) >= 11 is 0. The van der Waals surface area contributed by atoms with Crippen molar-refractivity contribution in [1.82, 2.24) is 0 Å². The van der Waals surface area contributed by atoms with Gasteiger partial charge in [0.1, 0.15) is 0 Å². The Morgan fingerprint density at radius 3 is 1.07 bits per heavy atom. The highest BCUT2D eigenvalue weighted by molar-refractivity contribution is 5.50. The lowest BCUT2D eigenvalue weighted by molar-refractivity contribution is 0.594. The fourth-order valence-corrected chi connectivity index (χ4v) is 6.59. The van der Waals surface area contributed by atoms with Gasteiger partial charge in [-0.25, -0.2) is 0 Å². The van der Waals surface area contributed by atoms with Crippen LogP contribution in [0.2, 0.25) is 0 Å². The number of nitrogens with two attached hydrogens (primary N) is 2. The molecule has 0 unspecified atom stereocenters. The third-order valence-electron chi connectivity index (χ3n) is 9.56. The van der Waals surface area contributed by atoms with Gasteiger partial charge in [-0.05, 0) is 121 Å². The van der Waals surface area contributed by atoms with Crippen molar-refractivity contribution in [3.8, 4) is 0 Å². The molecule has 0 saturated heterocycles. The fourth-order valence-electron chi connectivity index (χ4n) is 6.59. The minimum Gasteiger partial charge on any atom is -0.399 e. The molecule has 0 heterocycles. The van der Waals surface area contributed by atoms with E-state index in [0.717, 1.165) is 37.1 Å². The number of hydrogen-bond acceptors (Lipinski definition) is 2. The molecule has 0 aliphatic heterocycles. The van der Waals surface area contributed by atoms with Gasteiger partial charge in [-0.2, -0.15) is 0 Å². The van der Waals surface area contributed by atoms with Crippen molar-refractivity contribution in [2.75, 3.05) is 11.5 Å². The van der Waals surface area contributed by atoms with E-state index < -0.39 is 0 Å². The van der Waals surface area contributed by atoms with E-state index >= 15 is 0 Å². The molecule has 2 heteroatoms. The van der Waals surface area contributed by atoms with Crippen LogP contribution in [-0.2, 0) is 38.5 Å². The van der Waals surface area contributed by atoms with Gasteiger partial charge >= 0.3 is 0 Å². The number of hydrogen-bond donors (Lipinski definition) is 2. The Hall–Kier alpha value is -3.52. The zero-order valence-electron chi connectivity index (χ0n) is 29.0. The second kappa shape index (κ2) is 19.9. The Labute approximate surface area is 281 Å². The molecule has 4 aromatic rings. The number of unbranched alkanes of at least 4 members (excludes halogenated alkanes) is 9. The summed E-state index contributed by atoms with van der Waals surface area (Å²) in [6, 6.07) is 31.8. The Kier molecular flexibility index (Phi) is 15.3. The first-order valence-electron chi connectivity index (χ1n) is 18.4. The van der Waals surface area contributed by atoms with Crippen LogP contribution in [0.15, 0.2) is 84.9 Å². The average molecular weight is 617 g/mol. The monoisotopic (exact) mass is 616 g/mol. The van der Waals surface area contributed by atoms with Crippen molar-refractivity contribution in [3.63, 3.8) is 0 Å². The normalized spacial score (nSPS) is 11.3. The van der Waals surface area contributed by atoms with Gasteiger partial charge in [0.05, 0.1) is 0 Å². The van der Waals surface area contributed by atoms with Gasteiger partial charge in [0.15, 0.2) is 0 Å². The van der Waals surface area contributed by atoms with E-state index in [2.05, 4.69) is 98.8 Å². The smallest absolute Gasteiger partial charge is 0.0346 e. The SMILES string of the molecule is CCCCCc1cc(Cc2ccc(CCCCCCCCc3ccc(Cc4ccc(N)c(CCCCC)c4)cc3)cc2)ccc1N. The molecule has 0 aromatic heterocycles. The molecular formula is C44H60N2. The molecule has 0 amide bonds. The van der Waals surface area contributed by atoms with Crippen molar-refractivity contribution in [1.29, 1.82) is 0 Å². The van der Waals surface area contributed by atoms with Crippen molar-refractivity contribution in [2.45, 2.75) is 129 Å². The molecular weight excluding hydrogens is 556 g/mol. The van der Waals surface area contributed by atoms with Crippen LogP contribution in [0.4, 0.5) is 11.4 Å². The number of anilines is 2. The van der Waals surface area contributed by atoms with Gasteiger partial charge in [-0.3, -0.25) is 0 Å². The van der Waals surface area contributed by atoms with Crippen LogP contribution in [-0.4, -0.2) is 0 Å². The van der Waals surface area contributed by atoms with Crippen molar-refractivity contribution in [2.24, 2.45) is 0 Å². The summed E-state index contributed by atoms with van der Waals surface area (Å²) in [6.07, 6.45) is 21.9. The lowest BCUT2D eigenvalue weighted by Gasteiger charge is -2.10. The Morgan fingerprint density at radius 1 is 0.348 bits per heavy atom. The number of benzene rings is 4. The highest BCUT2D eigenvalue weighted by atomic mass is 14.6. The molecule has 4 N–H and O–H groups in total. The lowest BCUT2D eigenvalue weighted by Crippen LogP contribution is -1.98. The lowest BCUT2D eigenvalue weighted by atomic mass is 9.97. The van der Waals surface area contributed by atoms with Crippen LogP contribution in [0, 0.1) is 0 Å². The summed E-state index contributed by atoms with van der Waals surface area (Å²) < 4.78 is 0. The Morgan fingerprint density at radius 2 is 0.674 bits per heavy atom. The summed E-state index contributed by atoms with van der Waals surface area (Å²) in [5, 5.41) is 0. The van der Waals surface area contributed by atoms with Gasteiger partial charge < -0.3 is 11.5 Å². The second-order valence-corrected chi connectivity index (χ2v) is 13.6. The molecule has 0 saturated carbocycles. The molecule has 0 fully saturated rings. The maximum Gasteiger partial charge on any atom is 0.0346 e. The predicted molar refractivity (Wildman–Crippen MR) is 202 cm³/mol. The van der Waals surface area contributed by atoms with E-state index in [0.29, 0.717) is 0 Å². The Balaban J connectivity index is 1.08. The first kappa shape index (κ1) is 35.3. The third-order valence-corrected chi connectivity index (χ3v) is 9.56. The summed E-state index contributed by atoms with van der Waals surface area (Å²) in [5.74, 6) is 0. The number of nitrogen functional groups attached to an aromatic ring is 2. The molecule has 4 rings (SSSR count). The summed E-state index contributed by atoms with van der Waals surface area (Å²) in [5.41, 5.74) is 25.4. The fraction of sp³-hybridized carbons (Fsp3) is 0.455. The van der Waals surface area contributed by atoms with E-state index in [1.807, 2.05) is 0 Å².